The summed E-state index contributed by atoms with van der Waals surface area (Å²) in [6, 6.07) is 23.9. The Hall–Kier alpha value is -6.94. The molecule has 2 aromatic heterocycles. The number of aryl methyl sites for hydroxylation is 3. The van der Waals surface area contributed by atoms with Crippen LogP contribution in [-0.2, 0) is 30.4 Å². The van der Waals surface area contributed by atoms with Gasteiger partial charge in [-0.05, 0) is 142 Å². The molecule has 0 aliphatic heterocycles. The zero-order valence-corrected chi connectivity index (χ0v) is 47.6. The van der Waals surface area contributed by atoms with Gasteiger partial charge < -0.3 is 14.6 Å². The van der Waals surface area contributed by atoms with Crippen LogP contribution >= 0.6 is 35.1 Å². The first-order valence-corrected chi connectivity index (χ1v) is 30.8. The van der Waals surface area contributed by atoms with E-state index in [0.717, 1.165) is 0 Å². The predicted octanol–water partition coefficient (Wildman–Crippen LogP) is 14.0. The van der Waals surface area contributed by atoms with E-state index in [0.29, 0.717) is 82.5 Å². The van der Waals surface area contributed by atoms with Gasteiger partial charge in [0.1, 0.15) is 28.8 Å². The van der Waals surface area contributed by atoms with Crippen molar-refractivity contribution in [2.24, 2.45) is 40.9 Å². The summed E-state index contributed by atoms with van der Waals surface area (Å²) in [6.45, 7) is 6.68. The largest absolute Gasteiger partial charge is 0.497 e. The minimum absolute atomic E-state index is 0.0486. The summed E-state index contributed by atoms with van der Waals surface area (Å²) in [6.07, 6.45) is 0.105. The molecule has 0 spiro atoms. The number of aromatic nitrogens is 2. The standard InChI is InChI=1S/C50H50ClN11O12S5/c1-29-21-41(58-61-48-32(4)36(28-52)49-53-40-24-35(73-5)13-14-44(40)62(49)50(48)63)45(74-15-6-18-77(64,65)66)25-37(29)56-59-42-23-31(3)39(27-47(42)76-17-8-20-79(70,71)72)57-60-43-22-30(2)38(55-54-34-11-9-33(51)10-12-34)26-46(43)75-16-7-19-78(67,68)69/h9-14,21-27,63H,6-8,15-20H2,1-5H3,(H,64,65,66)(H,67,68,69)(H,70,71,72). The van der Waals surface area contributed by atoms with E-state index in [9.17, 15) is 49.3 Å². The monoisotopic (exact) mass is 1190 g/mol. The number of benzene rings is 5. The van der Waals surface area contributed by atoms with Crippen LogP contribution in [0.4, 0.5) is 45.5 Å². The van der Waals surface area contributed by atoms with E-state index in [1.54, 1.807) is 93.6 Å². The first-order valence-electron chi connectivity index (χ1n) is 23.6. The second kappa shape index (κ2) is 25.9. The maximum absolute atomic E-state index is 11.6. The van der Waals surface area contributed by atoms with Crippen molar-refractivity contribution in [1.82, 2.24) is 9.38 Å². The van der Waals surface area contributed by atoms with Crippen molar-refractivity contribution in [2.45, 2.75) is 56.7 Å². The molecule has 0 aliphatic rings. The summed E-state index contributed by atoms with van der Waals surface area (Å²) < 4.78 is 110. The van der Waals surface area contributed by atoms with Gasteiger partial charge in [0, 0.05) is 32.5 Å². The van der Waals surface area contributed by atoms with Gasteiger partial charge in [-0.2, -0.15) is 51.0 Å². The van der Waals surface area contributed by atoms with Gasteiger partial charge in [-0.15, -0.1) is 44.0 Å². The minimum atomic E-state index is -4.32. The van der Waals surface area contributed by atoms with Gasteiger partial charge in [0.2, 0.25) is 5.88 Å². The van der Waals surface area contributed by atoms with E-state index >= 15 is 0 Å². The van der Waals surface area contributed by atoms with Gasteiger partial charge in [0.05, 0.1) is 76.1 Å². The lowest BCUT2D eigenvalue weighted by Crippen LogP contribution is -2.08. The number of halogens is 1. The predicted molar refractivity (Wildman–Crippen MR) is 302 cm³/mol. The average Bonchev–Trinajstić information content (AvgIpc) is 4.06. The highest BCUT2D eigenvalue weighted by Gasteiger charge is 2.22. The molecular formula is C50H50ClN11O12S5. The Morgan fingerprint density at radius 3 is 1.66 bits per heavy atom. The molecule has 4 N–H and O–H groups in total. The summed E-state index contributed by atoms with van der Waals surface area (Å²) in [5.74, 6) is -0.791. The normalized spacial score (nSPS) is 12.6. The summed E-state index contributed by atoms with van der Waals surface area (Å²) in [5.41, 5.74) is 5.90. The SMILES string of the molecule is COc1ccc2c(c1)nc1c(C#N)c(C)c(N=Nc3cc(C)c(N=Nc4cc(C)c(N=Nc5cc(C)c(N=Nc6ccc(Cl)cc6)cc5SCCCS(=O)(=O)O)cc4SCCCS(=O)(=O)O)cc3OCCCS(=O)(=O)O)c(O)n12. The molecule has 0 fully saturated rings. The van der Waals surface area contributed by atoms with Crippen LogP contribution in [0.1, 0.15) is 47.1 Å². The van der Waals surface area contributed by atoms with Crippen molar-refractivity contribution in [3.63, 3.8) is 0 Å². The summed E-state index contributed by atoms with van der Waals surface area (Å²) in [5, 5.41) is 58.3. The highest BCUT2D eigenvalue weighted by molar-refractivity contribution is 7.99. The van der Waals surface area contributed by atoms with E-state index in [2.05, 4.69) is 52.0 Å². The van der Waals surface area contributed by atoms with E-state index in [1.165, 1.54) is 41.1 Å². The molecular weight excluding hydrogens is 1140 g/mol. The Balaban J connectivity index is 1.25. The van der Waals surface area contributed by atoms with Crippen molar-refractivity contribution >= 4 is 128 Å². The van der Waals surface area contributed by atoms with Crippen LogP contribution in [0.25, 0.3) is 16.7 Å². The topological polar surface area (TPSA) is 342 Å². The van der Waals surface area contributed by atoms with Crippen LogP contribution < -0.4 is 9.47 Å². The molecule has 0 unspecified atom stereocenters. The minimum Gasteiger partial charge on any atom is -0.497 e. The zero-order valence-electron chi connectivity index (χ0n) is 42.8. The maximum atomic E-state index is 11.6. The number of hydrogen-bond donors (Lipinski definition) is 4. The molecule has 5 aromatic carbocycles. The van der Waals surface area contributed by atoms with Crippen LogP contribution in [-0.4, -0.2) is 95.9 Å². The highest BCUT2D eigenvalue weighted by Crippen LogP contribution is 2.44. The molecule has 7 aromatic rings. The third-order valence-corrected chi connectivity index (χ3v) is 16.4. The third-order valence-electron chi connectivity index (χ3n) is 11.5. The number of nitrogens with zero attached hydrogens (tertiary/aromatic N) is 11. The van der Waals surface area contributed by atoms with Crippen LogP contribution in [0.5, 0.6) is 17.4 Å². The van der Waals surface area contributed by atoms with E-state index in [-0.39, 0.29) is 77.1 Å². The smallest absolute Gasteiger partial charge is 0.264 e. The Morgan fingerprint density at radius 2 is 1.13 bits per heavy atom. The molecule has 0 bridgehead atoms. The number of fused-ring (bicyclic) bond motifs is 3. The number of nitriles is 1. The first kappa shape index (κ1) is 59.7. The molecule has 2 heterocycles. The van der Waals surface area contributed by atoms with Gasteiger partial charge in [0.25, 0.3) is 30.4 Å². The lowest BCUT2D eigenvalue weighted by Gasteiger charge is -2.12. The maximum Gasteiger partial charge on any atom is 0.264 e. The fourth-order valence-electron chi connectivity index (χ4n) is 7.48. The van der Waals surface area contributed by atoms with Crippen molar-refractivity contribution < 1.29 is 53.5 Å². The molecule has 414 valence electrons. The summed E-state index contributed by atoms with van der Waals surface area (Å²) >= 11 is 8.54. The van der Waals surface area contributed by atoms with Crippen LogP contribution in [0.3, 0.4) is 0 Å². The molecule has 0 radical (unpaired) electrons. The zero-order chi connectivity index (χ0) is 57.2. The molecule has 0 saturated carbocycles. The number of hydrogen-bond acceptors (Lipinski definition) is 21. The molecule has 0 saturated heterocycles. The number of ether oxygens (including phenoxy) is 2. The van der Waals surface area contributed by atoms with Crippen molar-refractivity contribution in [3.8, 4) is 23.4 Å². The van der Waals surface area contributed by atoms with Gasteiger partial charge in [-0.1, -0.05) is 11.6 Å². The summed E-state index contributed by atoms with van der Waals surface area (Å²) in [7, 11) is -11.3. The number of rotatable bonds is 24. The fraction of sp³-hybridized carbons (Fsp3) is 0.280. The van der Waals surface area contributed by atoms with Crippen molar-refractivity contribution in [2.75, 3.05) is 42.5 Å². The lowest BCUT2D eigenvalue weighted by molar-refractivity contribution is 0.317. The Morgan fingerprint density at radius 1 is 0.633 bits per heavy atom. The molecule has 0 aliphatic carbocycles. The second-order valence-corrected chi connectivity index (χ2v) is 24.9. The second-order valence-electron chi connectivity index (χ2n) is 17.5. The highest BCUT2D eigenvalue weighted by atomic mass is 35.5. The third kappa shape index (κ3) is 16.3. The molecule has 23 nitrogen and oxygen atoms in total. The van der Waals surface area contributed by atoms with E-state index < -0.39 is 47.6 Å². The van der Waals surface area contributed by atoms with Gasteiger partial charge in [-0.25, -0.2) is 4.98 Å². The Bertz CT molecular complexity index is 3980. The number of imidazole rings is 1. The number of pyridine rings is 1. The van der Waals surface area contributed by atoms with Crippen LogP contribution in [0.15, 0.2) is 130 Å². The van der Waals surface area contributed by atoms with Crippen molar-refractivity contribution in [1.29, 1.82) is 5.26 Å². The molecule has 79 heavy (non-hydrogen) atoms. The van der Waals surface area contributed by atoms with Gasteiger partial charge in [-0.3, -0.25) is 18.1 Å². The number of methoxy groups -OCH3 is 1. The molecule has 0 amide bonds. The van der Waals surface area contributed by atoms with Crippen LogP contribution in [0.2, 0.25) is 5.02 Å². The Kier molecular flexibility index (Phi) is 19.6. The quantitative estimate of drug-likeness (QED) is 0.0189. The lowest BCUT2D eigenvalue weighted by atomic mass is 10.1. The van der Waals surface area contributed by atoms with Gasteiger partial charge >= 0.3 is 0 Å². The number of thioether (sulfide) groups is 2. The number of aromatic hydroxyl groups is 1. The molecule has 7 rings (SSSR count). The summed E-state index contributed by atoms with van der Waals surface area (Å²) in [4.78, 5) is 5.67. The van der Waals surface area contributed by atoms with Gasteiger partial charge in [0.15, 0.2) is 11.3 Å². The van der Waals surface area contributed by atoms with Crippen LogP contribution in [0, 0.1) is 39.0 Å². The first-order chi connectivity index (χ1) is 37.4. The fourth-order valence-corrected chi connectivity index (χ4v) is 11.4. The van der Waals surface area contributed by atoms with E-state index in [4.69, 9.17) is 21.1 Å². The van der Waals surface area contributed by atoms with Crippen molar-refractivity contribution in [3.05, 3.63) is 112 Å². The number of azo groups is 4. The molecule has 29 heteroatoms. The Labute approximate surface area is 468 Å². The average molecular weight is 1190 g/mol. The molecule has 0 atom stereocenters. The van der Waals surface area contributed by atoms with E-state index in [1.807, 2.05) is 6.92 Å².